The van der Waals surface area contributed by atoms with Crippen molar-refractivity contribution in [2.24, 2.45) is 4.99 Å². The molecular weight excluding hydrogens is 238 g/mol. The fraction of sp³-hybridized carbons (Fsp3) is 0.0667. The normalized spacial score (nSPS) is 26.0. The molecule has 3 aliphatic rings. The van der Waals surface area contributed by atoms with Crippen LogP contribution in [0.4, 0.5) is 0 Å². The Bertz CT molecular complexity index is 638. The van der Waals surface area contributed by atoms with E-state index in [-0.39, 0.29) is 0 Å². The van der Waals surface area contributed by atoms with Gasteiger partial charge < -0.3 is 15.4 Å². The number of hydrogen-bond donors (Lipinski definition) is 2. The molecule has 0 radical (unpaired) electrons. The molecule has 3 aliphatic heterocycles. The van der Waals surface area contributed by atoms with E-state index in [9.17, 15) is 0 Å². The molecule has 3 heterocycles. The van der Waals surface area contributed by atoms with E-state index in [0.29, 0.717) is 17.9 Å². The first-order chi connectivity index (χ1) is 9.33. The summed E-state index contributed by atoms with van der Waals surface area (Å²) in [6, 6.07) is 0. The second-order valence-corrected chi connectivity index (χ2v) is 4.14. The van der Waals surface area contributed by atoms with Crippen molar-refractivity contribution in [3.8, 4) is 0 Å². The van der Waals surface area contributed by atoms with Crippen LogP contribution in [0.5, 0.6) is 0 Å². The third kappa shape index (κ3) is 2.44. The summed E-state index contributed by atoms with van der Waals surface area (Å²) in [7, 11) is 0. The number of fused-ring (bicyclic) bond motifs is 1. The van der Waals surface area contributed by atoms with Crippen molar-refractivity contribution >= 4 is 6.21 Å². The molecule has 4 heteroatoms. The van der Waals surface area contributed by atoms with E-state index in [4.69, 9.17) is 4.74 Å². The van der Waals surface area contributed by atoms with Gasteiger partial charge in [0.1, 0.15) is 5.76 Å². The molecule has 0 aromatic rings. The zero-order valence-electron chi connectivity index (χ0n) is 10.3. The number of rotatable bonds is 0. The van der Waals surface area contributed by atoms with Crippen LogP contribution < -0.4 is 10.6 Å². The lowest BCUT2D eigenvalue weighted by atomic mass is 10.2. The average molecular weight is 251 g/mol. The van der Waals surface area contributed by atoms with Crippen LogP contribution in [0.15, 0.2) is 82.6 Å². The highest BCUT2D eigenvalue weighted by Crippen LogP contribution is 2.23. The van der Waals surface area contributed by atoms with Crippen molar-refractivity contribution in [2.45, 2.75) is 6.42 Å². The summed E-state index contributed by atoms with van der Waals surface area (Å²) in [4.78, 5) is 4.37. The van der Waals surface area contributed by atoms with Crippen molar-refractivity contribution in [2.75, 3.05) is 0 Å². The monoisotopic (exact) mass is 251 g/mol. The number of aliphatic imine (C=N–C) groups is 1. The summed E-state index contributed by atoms with van der Waals surface area (Å²) in [5.74, 6) is 1.23. The largest absolute Gasteiger partial charge is 0.455 e. The minimum Gasteiger partial charge on any atom is -0.455 e. The second kappa shape index (κ2) is 4.88. The highest BCUT2D eigenvalue weighted by molar-refractivity contribution is 5.73. The molecular formula is C15H13N3O. The average Bonchev–Trinajstić information content (AvgIpc) is 2.59. The maximum absolute atomic E-state index is 5.74. The maximum Gasteiger partial charge on any atom is 0.156 e. The van der Waals surface area contributed by atoms with E-state index in [1.54, 1.807) is 18.4 Å². The molecule has 0 amide bonds. The molecule has 4 nitrogen and oxygen atoms in total. The molecule has 0 atom stereocenters. The van der Waals surface area contributed by atoms with Crippen molar-refractivity contribution in [3.63, 3.8) is 0 Å². The van der Waals surface area contributed by atoms with Gasteiger partial charge in [0.25, 0.3) is 0 Å². The number of ether oxygens (including phenoxy) is 1. The highest BCUT2D eigenvalue weighted by Gasteiger charge is 2.13. The van der Waals surface area contributed by atoms with E-state index in [0.717, 1.165) is 17.1 Å². The van der Waals surface area contributed by atoms with Crippen LogP contribution in [0.25, 0.3) is 0 Å². The second-order valence-electron chi connectivity index (χ2n) is 4.14. The van der Waals surface area contributed by atoms with Crippen molar-refractivity contribution in [1.82, 2.24) is 10.6 Å². The Hall–Kier alpha value is -2.71. The minimum absolute atomic E-state index is 0.551. The van der Waals surface area contributed by atoms with E-state index in [1.165, 1.54) is 0 Å². The molecule has 0 spiro atoms. The van der Waals surface area contributed by atoms with Gasteiger partial charge >= 0.3 is 0 Å². The van der Waals surface area contributed by atoms with E-state index < -0.39 is 0 Å². The SMILES string of the molecule is C=C1/C=C2/NC=CN/C2=C/CC2=C(C=C=CC=N2)O1. The number of allylic oxidation sites excluding steroid dienone is 3. The van der Waals surface area contributed by atoms with Gasteiger partial charge in [0.15, 0.2) is 5.76 Å². The lowest BCUT2D eigenvalue weighted by Crippen LogP contribution is -2.22. The molecule has 0 bridgehead atoms. The predicted molar refractivity (Wildman–Crippen MR) is 74.6 cm³/mol. The fourth-order valence-corrected chi connectivity index (χ4v) is 1.92. The molecule has 3 rings (SSSR count). The molecule has 0 saturated heterocycles. The summed E-state index contributed by atoms with van der Waals surface area (Å²) >= 11 is 0. The topological polar surface area (TPSA) is 45.7 Å². The Morgan fingerprint density at radius 1 is 1.26 bits per heavy atom. The first-order valence-corrected chi connectivity index (χ1v) is 5.98. The zero-order chi connectivity index (χ0) is 13.1. The highest BCUT2D eigenvalue weighted by atomic mass is 16.5. The summed E-state index contributed by atoms with van der Waals surface area (Å²) < 4.78 is 5.74. The lowest BCUT2D eigenvalue weighted by molar-refractivity contribution is 0.332. The predicted octanol–water partition coefficient (Wildman–Crippen LogP) is 2.36. The Morgan fingerprint density at radius 2 is 2.11 bits per heavy atom. The molecule has 19 heavy (non-hydrogen) atoms. The van der Waals surface area contributed by atoms with Gasteiger partial charge in [-0.25, -0.2) is 0 Å². The fourth-order valence-electron chi connectivity index (χ4n) is 1.92. The summed E-state index contributed by atoms with van der Waals surface area (Å²) in [5.41, 5.74) is 5.75. The lowest BCUT2D eigenvalue weighted by Gasteiger charge is -2.16. The van der Waals surface area contributed by atoms with Crippen LogP contribution >= 0.6 is 0 Å². The molecule has 94 valence electrons. The Labute approximate surface area is 111 Å². The molecule has 2 N–H and O–H groups in total. The Kier molecular flexibility index (Phi) is 2.93. The van der Waals surface area contributed by atoms with Gasteiger partial charge in [-0.15, -0.1) is 5.73 Å². The summed E-state index contributed by atoms with van der Waals surface area (Å²) in [6.07, 6.45) is 13.5. The third-order valence-corrected chi connectivity index (χ3v) is 2.80. The van der Waals surface area contributed by atoms with Crippen LogP contribution in [0.1, 0.15) is 6.42 Å². The van der Waals surface area contributed by atoms with Gasteiger partial charge in [-0.3, -0.25) is 4.99 Å². The van der Waals surface area contributed by atoms with E-state index in [2.05, 4.69) is 34.0 Å². The van der Waals surface area contributed by atoms with E-state index >= 15 is 0 Å². The van der Waals surface area contributed by atoms with Gasteiger partial charge in [0, 0.05) is 37.2 Å². The van der Waals surface area contributed by atoms with Gasteiger partial charge in [-0.05, 0) is 6.08 Å². The quantitative estimate of drug-likeness (QED) is 0.650. The van der Waals surface area contributed by atoms with Crippen LogP contribution in [-0.4, -0.2) is 6.21 Å². The number of hydrogen-bond acceptors (Lipinski definition) is 4. The van der Waals surface area contributed by atoms with Crippen molar-refractivity contribution < 1.29 is 4.74 Å². The molecule has 0 aromatic carbocycles. The third-order valence-electron chi connectivity index (χ3n) is 2.80. The van der Waals surface area contributed by atoms with Crippen LogP contribution in [0.2, 0.25) is 0 Å². The Balaban J connectivity index is 2.03. The maximum atomic E-state index is 5.74. The standard InChI is InChI=1S/C15H13N3O/c1-11-10-14-12(17-8-9-18-14)5-6-13-15(19-11)4-2-3-7-16-13/h3-5,7-10,17-18H,1,6H2/b12-5+,14-10+. The number of nitrogens with one attached hydrogen (secondary N) is 2. The van der Waals surface area contributed by atoms with Gasteiger partial charge in [0.2, 0.25) is 0 Å². The molecule has 0 unspecified atom stereocenters. The minimum atomic E-state index is 0.551. The molecule has 0 aliphatic carbocycles. The molecule has 0 saturated carbocycles. The van der Waals surface area contributed by atoms with Crippen LogP contribution in [0.3, 0.4) is 0 Å². The zero-order valence-corrected chi connectivity index (χ0v) is 10.3. The number of nitrogens with zero attached hydrogens (tertiary/aromatic N) is 1. The van der Waals surface area contributed by atoms with Gasteiger partial charge in [-0.2, -0.15) is 0 Å². The molecule has 0 fully saturated rings. The molecule has 0 aromatic heterocycles. The van der Waals surface area contributed by atoms with Gasteiger partial charge in [-0.1, -0.05) is 12.7 Å². The first kappa shape index (κ1) is 11.4. The van der Waals surface area contributed by atoms with Crippen molar-refractivity contribution in [1.29, 1.82) is 0 Å². The van der Waals surface area contributed by atoms with E-state index in [1.807, 2.05) is 18.5 Å². The van der Waals surface area contributed by atoms with Crippen molar-refractivity contribution in [3.05, 3.63) is 77.6 Å². The Morgan fingerprint density at radius 3 is 3.00 bits per heavy atom. The van der Waals surface area contributed by atoms with Gasteiger partial charge in [0.05, 0.1) is 17.1 Å². The summed E-state index contributed by atoms with van der Waals surface area (Å²) in [6.45, 7) is 3.91. The van der Waals surface area contributed by atoms with Crippen LogP contribution in [-0.2, 0) is 4.74 Å². The van der Waals surface area contributed by atoms with Crippen LogP contribution in [0, 0.1) is 0 Å². The summed E-state index contributed by atoms with van der Waals surface area (Å²) in [5, 5.41) is 6.35. The first-order valence-electron chi connectivity index (χ1n) is 5.98. The smallest absolute Gasteiger partial charge is 0.156 e.